The van der Waals surface area contributed by atoms with E-state index in [-0.39, 0.29) is 0 Å². The molecule has 0 spiro atoms. The van der Waals surface area contributed by atoms with Crippen molar-refractivity contribution in [1.29, 1.82) is 0 Å². The minimum atomic E-state index is 1.04. The van der Waals surface area contributed by atoms with Gasteiger partial charge < -0.3 is 0 Å². The van der Waals surface area contributed by atoms with Crippen molar-refractivity contribution in [1.82, 2.24) is 0 Å². The van der Waals surface area contributed by atoms with Crippen LogP contribution in [0.5, 0.6) is 0 Å². The van der Waals surface area contributed by atoms with E-state index in [4.69, 9.17) is 0 Å². The maximum atomic E-state index is 2.30. The Morgan fingerprint density at radius 1 is 0.750 bits per heavy atom. The Hall–Kier alpha value is -1.82. The highest BCUT2D eigenvalue weighted by Gasteiger charge is 2.11. The zero-order chi connectivity index (χ0) is 10.8. The molecule has 0 nitrogen and oxygen atoms in total. The Bertz CT molecular complexity index is 521. The predicted molar refractivity (Wildman–Crippen MR) is 68.0 cm³/mol. The van der Waals surface area contributed by atoms with Gasteiger partial charge in [0.2, 0.25) is 0 Å². The van der Waals surface area contributed by atoms with E-state index >= 15 is 0 Å². The average Bonchev–Trinajstić information content (AvgIpc) is 2.39. The number of rotatable bonds is 1. The van der Waals surface area contributed by atoms with Gasteiger partial charge in [-0.25, -0.2) is 0 Å². The predicted octanol–water partition coefficient (Wildman–Crippen LogP) is 3.88. The number of allylic oxidation sites excluding steroid dienone is 2. The summed E-state index contributed by atoms with van der Waals surface area (Å²) in [5.41, 5.74) is 5.40. The molecule has 0 amide bonds. The average molecular weight is 205 g/mol. The van der Waals surface area contributed by atoms with Crippen LogP contribution in [0.4, 0.5) is 0 Å². The molecule has 0 heteroatoms. The molecule has 0 N–H and O–H groups in total. The summed E-state index contributed by atoms with van der Waals surface area (Å²) < 4.78 is 0. The Kier molecular flexibility index (Phi) is 2.34. The maximum absolute atomic E-state index is 2.30. The van der Waals surface area contributed by atoms with E-state index < -0.39 is 0 Å². The Morgan fingerprint density at radius 2 is 1.50 bits per heavy atom. The lowest BCUT2D eigenvalue weighted by atomic mass is 9.88. The first-order chi connectivity index (χ1) is 7.93. The van der Waals surface area contributed by atoms with Gasteiger partial charge in [-0.3, -0.25) is 0 Å². The van der Waals surface area contributed by atoms with Crippen molar-refractivity contribution in [2.75, 3.05) is 0 Å². The van der Waals surface area contributed by atoms with Crippen molar-refractivity contribution in [2.45, 2.75) is 6.42 Å². The molecule has 0 unspecified atom stereocenters. The summed E-state index contributed by atoms with van der Waals surface area (Å²) in [6, 6.07) is 19.1. The summed E-state index contributed by atoms with van der Waals surface area (Å²) >= 11 is 0. The van der Waals surface area contributed by atoms with Crippen molar-refractivity contribution in [2.24, 2.45) is 0 Å². The van der Waals surface area contributed by atoms with Gasteiger partial charge in [0.25, 0.3) is 0 Å². The molecule has 16 heavy (non-hydrogen) atoms. The second-order valence-corrected chi connectivity index (χ2v) is 4.07. The number of hydrogen-bond acceptors (Lipinski definition) is 0. The minimum Gasteiger partial charge on any atom is -0.0757 e. The lowest BCUT2D eigenvalue weighted by Gasteiger charge is -2.16. The van der Waals surface area contributed by atoms with Crippen LogP contribution >= 0.6 is 0 Å². The topological polar surface area (TPSA) is 0 Å². The maximum Gasteiger partial charge on any atom is 0.0205 e. The second kappa shape index (κ2) is 3.97. The summed E-state index contributed by atoms with van der Waals surface area (Å²) in [4.78, 5) is 0. The molecule has 3 rings (SSSR count). The van der Waals surface area contributed by atoms with E-state index in [9.17, 15) is 0 Å². The fraction of sp³-hybridized carbons (Fsp3) is 0.0625. The monoisotopic (exact) mass is 205 g/mol. The lowest BCUT2D eigenvalue weighted by Crippen LogP contribution is -2.00. The minimum absolute atomic E-state index is 1.04. The first kappa shape index (κ1) is 9.41. The molecule has 0 atom stereocenters. The number of hydrogen-bond donors (Lipinski definition) is 0. The van der Waals surface area contributed by atoms with Crippen LogP contribution in [0.2, 0.25) is 0 Å². The lowest BCUT2D eigenvalue weighted by molar-refractivity contribution is 1.20. The number of benzene rings is 2. The fourth-order valence-corrected chi connectivity index (χ4v) is 2.14. The van der Waals surface area contributed by atoms with Crippen molar-refractivity contribution >= 4 is 5.57 Å². The normalized spacial score (nSPS) is 14.1. The van der Waals surface area contributed by atoms with Gasteiger partial charge in [0.05, 0.1) is 0 Å². The molecule has 0 fully saturated rings. The smallest absolute Gasteiger partial charge is 0.0205 e. The summed E-state index contributed by atoms with van der Waals surface area (Å²) in [7, 11) is 0. The van der Waals surface area contributed by atoms with Gasteiger partial charge in [-0.15, -0.1) is 0 Å². The van der Waals surface area contributed by atoms with Gasteiger partial charge in [0.15, 0.2) is 0 Å². The van der Waals surface area contributed by atoms with E-state index in [1.807, 2.05) is 0 Å². The third-order valence-electron chi connectivity index (χ3n) is 3.02. The quantitative estimate of drug-likeness (QED) is 0.662. The second-order valence-electron chi connectivity index (χ2n) is 4.07. The van der Waals surface area contributed by atoms with Crippen molar-refractivity contribution < 1.29 is 0 Å². The standard InChI is InChI=1S/C16H13/c1-2-6-13(7-3-1)16-11-10-14-8-4-5-9-15(14)12-16/h1-9,11-12H,10H2. The Balaban J connectivity index is 1.95. The molecule has 1 radical (unpaired) electrons. The van der Waals surface area contributed by atoms with E-state index in [2.05, 4.69) is 67.1 Å². The van der Waals surface area contributed by atoms with Crippen molar-refractivity contribution in [3.8, 4) is 0 Å². The summed E-state index contributed by atoms with van der Waals surface area (Å²) in [5, 5.41) is 0. The van der Waals surface area contributed by atoms with Crippen LogP contribution < -0.4 is 0 Å². The van der Waals surface area contributed by atoms with Crippen LogP contribution in [0.1, 0.15) is 16.7 Å². The van der Waals surface area contributed by atoms with Crippen LogP contribution in [0, 0.1) is 6.42 Å². The zero-order valence-corrected chi connectivity index (χ0v) is 9.06. The van der Waals surface area contributed by atoms with Crippen molar-refractivity contribution in [3.05, 3.63) is 83.8 Å². The highest BCUT2D eigenvalue weighted by atomic mass is 14.2. The molecular weight excluding hydrogens is 192 g/mol. The number of fused-ring (bicyclic) bond motifs is 1. The van der Waals surface area contributed by atoms with Gasteiger partial charge in [-0.2, -0.15) is 0 Å². The molecule has 2 aromatic carbocycles. The van der Waals surface area contributed by atoms with E-state index in [0.717, 1.165) is 6.42 Å². The van der Waals surface area contributed by atoms with Crippen LogP contribution in [0.15, 0.2) is 60.7 Å². The fourth-order valence-electron chi connectivity index (χ4n) is 2.14. The van der Waals surface area contributed by atoms with Crippen LogP contribution in [-0.2, 0) is 6.42 Å². The molecule has 2 aromatic rings. The highest BCUT2D eigenvalue weighted by molar-refractivity contribution is 5.78. The van der Waals surface area contributed by atoms with E-state index in [1.54, 1.807) is 0 Å². The highest BCUT2D eigenvalue weighted by Crippen LogP contribution is 2.28. The molecule has 0 heterocycles. The third kappa shape index (κ3) is 1.67. The van der Waals surface area contributed by atoms with Crippen LogP contribution in [0.3, 0.4) is 0 Å². The SMILES string of the molecule is [CH]1C(c2ccccc2)=CCc2ccccc21. The van der Waals surface area contributed by atoms with Crippen LogP contribution in [-0.4, -0.2) is 0 Å². The van der Waals surface area contributed by atoms with Gasteiger partial charge >= 0.3 is 0 Å². The zero-order valence-electron chi connectivity index (χ0n) is 9.06. The molecule has 0 saturated carbocycles. The van der Waals surface area contributed by atoms with Gasteiger partial charge in [0.1, 0.15) is 0 Å². The van der Waals surface area contributed by atoms with Crippen molar-refractivity contribution in [3.63, 3.8) is 0 Å². The molecule has 1 aliphatic carbocycles. The van der Waals surface area contributed by atoms with Gasteiger partial charge in [-0.1, -0.05) is 60.7 Å². The molecule has 77 valence electrons. The first-order valence-corrected chi connectivity index (χ1v) is 5.62. The van der Waals surface area contributed by atoms with E-state index in [0.29, 0.717) is 0 Å². The van der Waals surface area contributed by atoms with Gasteiger partial charge in [0, 0.05) is 6.42 Å². The summed E-state index contributed by atoms with van der Waals surface area (Å²) in [5.74, 6) is 0. The van der Waals surface area contributed by atoms with Gasteiger partial charge in [-0.05, 0) is 28.7 Å². The Labute approximate surface area is 96.3 Å². The van der Waals surface area contributed by atoms with E-state index in [1.165, 1.54) is 22.3 Å². The Morgan fingerprint density at radius 3 is 2.38 bits per heavy atom. The molecule has 1 aliphatic rings. The first-order valence-electron chi connectivity index (χ1n) is 5.62. The third-order valence-corrected chi connectivity index (χ3v) is 3.02. The molecular formula is C16H13. The summed E-state index contributed by atoms with van der Waals surface area (Å²) in [6.45, 7) is 0. The molecule has 0 aromatic heterocycles. The molecule has 0 saturated heterocycles. The largest absolute Gasteiger partial charge is 0.0757 e. The van der Waals surface area contributed by atoms with Crippen LogP contribution in [0.25, 0.3) is 5.57 Å². The summed E-state index contributed by atoms with van der Waals surface area (Å²) in [6.07, 6.45) is 5.61. The molecule has 0 aliphatic heterocycles. The molecule has 0 bridgehead atoms.